The highest BCUT2D eigenvalue weighted by atomic mass is 32.2. The maximum atomic E-state index is 12.7. The second kappa shape index (κ2) is 7.47. The predicted octanol–water partition coefficient (Wildman–Crippen LogP) is 1.17. The Morgan fingerprint density at radius 3 is 2.88 bits per heavy atom. The fourth-order valence-electron chi connectivity index (χ4n) is 3.06. The summed E-state index contributed by atoms with van der Waals surface area (Å²) in [4.78, 5) is 13.7. The van der Waals surface area contributed by atoms with E-state index >= 15 is 0 Å². The van der Waals surface area contributed by atoms with Gasteiger partial charge in [0.15, 0.2) is 0 Å². The first-order valence-electron chi connectivity index (χ1n) is 8.41. The Bertz CT molecular complexity index is 876. The first-order chi connectivity index (χ1) is 12.3. The first kappa shape index (κ1) is 19.0. The van der Waals surface area contributed by atoms with Gasteiger partial charge in [0.2, 0.25) is 5.91 Å². The zero-order chi connectivity index (χ0) is 18.9. The average molecular weight is 398 g/mol. The number of hydrogen-bond donors (Lipinski definition) is 2. The van der Waals surface area contributed by atoms with E-state index in [0.29, 0.717) is 19.5 Å². The van der Waals surface area contributed by atoms with Crippen molar-refractivity contribution in [2.45, 2.75) is 45.4 Å². The van der Waals surface area contributed by atoms with Gasteiger partial charge in [0.05, 0.1) is 18.3 Å². The lowest BCUT2D eigenvalue weighted by molar-refractivity contribution is -0.125. The van der Waals surface area contributed by atoms with Crippen molar-refractivity contribution in [2.24, 2.45) is 0 Å². The van der Waals surface area contributed by atoms with Gasteiger partial charge >= 0.3 is 0 Å². The van der Waals surface area contributed by atoms with Crippen molar-refractivity contribution in [2.75, 3.05) is 7.05 Å². The van der Waals surface area contributed by atoms with Gasteiger partial charge in [-0.25, -0.2) is 0 Å². The first-order valence-corrected chi connectivity index (χ1v) is 10.7. The van der Waals surface area contributed by atoms with Crippen molar-refractivity contribution in [3.05, 3.63) is 39.8 Å². The third-order valence-electron chi connectivity index (χ3n) is 4.57. The Balaban J connectivity index is 1.79. The number of carbonyl (C=O) groups excluding carboxylic acids is 1. The molecule has 0 unspecified atom stereocenters. The molecule has 0 saturated carbocycles. The van der Waals surface area contributed by atoms with Crippen molar-refractivity contribution in [1.29, 1.82) is 0 Å². The van der Waals surface area contributed by atoms with E-state index < -0.39 is 22.3 Å². The summed E-state index contributed by atoms with van der Waals surface area (Å²) in [5.74, 6) is -0.295. The molecule has 8 nitrogen and oxygen atoms in total. The number of aromatic nitrogens is 2. The van der Waals surface area contributed by atoms with Gasteiger partial charge in [-0.05, 0) is 31.7 Å². The minimum Gasteiger partial charge on any atom is -0.350 e. The van der Waals surface area contributed by atoms with E-state index in [9.17, 15) is 13.2 Å². The number of thiophene rings is 1. The summed E-state index contributed by atoms with van der Waals surface area (Å²) in [6.45, 7) is 4.91. The maximum Gasteiger partial charge on any atom is 0.280 e. The van der Waals surface area contributed by atoms with Gasteiger partial charge in [-0.15, -0.1) is 11.3 Å². The van der Waals surface area contributed by atoms with Gasteiger partial charge in [0.25, 0.3) is 10.2 Å². The molecule has 2 aromatic heterocycles. The standard InChI is InChI=1S/C16H23N5O3S2/c1-4-21-10-13(11(2)18-21)14-8-15(20(3)26(23,24)19-14)16(22)17-9-12-6-5-7-25-12/h5-7,10,14-15,19H,4,8-9H2,1-3H3,(H,17,22)/t14-,15+/m1/s1. The van der Waals surface area contributed by atoms with Crippen LogP contribution in [0.4, 0.5) is 0 Å². The number of amides is 1. The predicted molar refractivity (Wildman–Crippen MR) is 99.8 cm³/mol. The molecular weight excluding hydrogens is 374 g/mol. The molecule has 3 heterocycles. The van der Waals surface area contributed by atoms with E-state index in [1.54, 1.807) is 16.0 Å². The van der Waals surface area contributed by atoms with Crippen LogP contribution in [0.2, 0.25) is 0 Å². The molecule has 0 radical (unpaired) electrons. The Labute approximate surface area is 157 Å². The van der Waals surface area contributed by atoms with Crippen molar-refractivity contribution < 1.29 is 13.2 Å². The Hall–Kier alpha value is -1.75. The lowest BCUT2D eigenvalue weighted by Gasteiger charge is -2.36. The van der Waals surface area contributed by atoms with E-state index in [4.69, 9.17) is 0 Å². The Kier molecular flexibility index (Phi) is 5.47. The van der Waals surface area contributed by atoms with Gasteiger partial charge in [-0.3, -0.25) is 9.48 Å². The molecule has 142 valence electrons. The van der Waals surface area contributed by atoms with Gasteiger partial charge in [0, 0.05) is 30.2 Å². The fraction of sp³-hybridized carbons (Fsp3) is 0.500. The van der Waals surface area contributed by atoms with E-state index in [0.717, 1.165) is 20.4 Å². The smallest absolute Gasteiger partial charge is 0.280 e. The maximum absolute atomic E-state index is 12.7. The monoisotopic (exact) mass is 397 g/mol. The second-order valence-corrected chi connectivity index (χ2v) is 9.06. The third-order valence-corrected chi connectivity index (χ3v) is 7.04. The lowest BCUT2D eigenvalue weighted by Crippen LogP contribution is -2.57. The minimum atomic E-state index is -3.75. The van der Waals surface area contributed by atoms with Crippen LogP contribution in [0.15, 0.2) is 23.7 Å². The molecule has 0 aliphatic carbocycles. The molecule has 26 heavy (non-hydrogen) atoms. The molecule has 0 bridgehead atoms. The van der Waals surface area contributed by atoms with Gasteiger partial charge in [-0.2, -0.15) is 22.5 Å². The number of nitrogens with one attached hydrogen (secondary N) is 2. The molecule has 2 aromatic rings. The van der Waals surface area contributed by atoms with Crippen LogP contribution < -0.4 is 10.0 Å². The molecule has 2 N–H and O–H groups in total. The SMILES string of the molecule is CCn1cc([C@H]2C[C@@H](C(=O)NCc3cccs3)N(C)S(=O)(=O)N2)c(C)n1. The van der Waals surface area contributed by atoms with E-state index in [1.165, 1.54) is 7.05 Å². The Morgan fingerprint density at radius 2 is 2.27 bits per heavy atom. The highest BCUT2D eigenvalue weighted by Gasteiger charge is 2.41. The summed E-state index contributed by atoms with van der Waals surface area (Å²) in [7, 11) is -2.32. The normalized spacial score (nSPS) is 23.0. The molecule has 1 amide bonds. The largest absolute Gasteiger partial charge is 0.350 e. The number of likely N-dealkylation sites (N-methyl/N-ethyl adjacent to an activating group) is 1. The van der Waals surface area contributed by atoms with Crippen LogP contribution in [-0.2, 0) is 28.1 Å². The van der Waals surface area contributed by atoms with Crippen molar-refractivity contribution in [3.63, 3.8) is 0 Å². The minimum absolute atomic E-state index is 0.295. The van der Waals surface area contributed by atoms with Crippen LogP contribution >= 0.6 is 11.3 Å². The Morgan fingerprint density at radius 1 is 1.50 bits per heavy atom. The van der Waals surface area contributed by atoms with Crippen molar-refractivity contribution >= 4 is 27.5 Å². The average Bonchev–Trinajstić information content (AvgIpc) is 3.24. The van der Waals surface area contributed by atoms with Crippen LogP contribution in [0.1, 0.15) is 35.5 Å². The zero-order valence-corrected chi connectivity index (χ0v) is 16.6. The molecule has 1 aliphatic rings. The quantitative estimate of drug-likeness (QED) is 0.792. The van der Waals surface area contributed by atoms with Crippen LogP contribution in [-0.4, -0.2) is 41.5 Å². The van der Waals surface area contributed by atoms with E-state index in [2.05, 4.69) is 15.1 Å². The molecule has 0 aromatic carbocycles. The van der Waals surface area contributed by atoms with Crippen LogP contribution in [0, 0.1) is 6.92 Å². The summed E-state index contributed by atoms with van der Waals surface area (Å²) in [5.41, 5.74) is 1.57. The van der Waals surface area contributed by atoms with Crippen molar-refractivity contribution in [3.8, 4) is 0 Å². The number of rotatable bonds is 5. The molecular formula is C16H23N5O3S2. The number of aryl methyl sites for hydroxylation is 2. The summed E-state index contributed by atoms with van der Waals surface area (Å²) >= 11 is 1.55. The fourth-order valence-corrected chi connectivity index (χ4v) is 4.97. The molecule has 3 rings (SSSR count). The molecule has 2 atom stereocenters. The summed E-state index contributed by atoms with van der Waals surface area (Å²) in [6.07, 6.45) is 2.19. The molecule has 1 aliphatic heterocycles. The van der Waals surface area contributed by atoms with Gasteiger partial charge < -0.3 is 5.32 Å². The van der Waals surface area contributed by atoms with Gasteiger partial charge in [0.1, 0.15) is 6.04 Å². The molecule has 10 heteroatoms. The summed E-state index contributed by atoms with van der Waals surface area (Å²) in [5, 5.41) is 9.16. The van der Waals surface area contributed by atoms with E-state index in [1.807, 2.05) is 37.6 Å². The van der Waals surface area contributed by atoms with E-state index in [-0.39, 0.29) is 5.91 Å². The third kappa shape index (κ3) is 3.83. The lowest BCUT2D eigenvalue weighted by atomic mass is 10.00. The van der Waals surface area contributed by atoms with Crippen molar-refractivity contribution in [1.82, 2.24) is 24.1 Å². The highest BCUT2D eigenvalue weighted by molar-refractivity contribution is 7.87. The number of carbonyl (C=O) groups is 1. The highest BCUT2D eigenvalue weighted by Crippen LogP contribution is 2.29. The summed E-state index contributed by atoms with van der Waals surface area (Å²) < 4.78 is 30.6. The molecule has 0 spiro atoms. The topological polar surface area (TPSA) is 96.3 Å². The van der Waals surface area contributed by atoms with Crippen LogP contribution in [0.25, 0.3) is 0 Å². The second-order valence-electron chi connectivity index (χ2n) is 6.27. The number of hydrogen-bond acceptors (Lipinski definition) is 5. The van der Waals surface area contributed by atoms with Crippen LogP contribution in [0.3, 0.4) is 0 Å². The zero-order valence-electron chi connectivity index (χ0n) is 15.0. The van der Waals surface area contributed by atoms with Gasteiger partial charge in [-0.1, -0.05) is 6.07 Å². The molecule has 1 fully saturated rings. The molecule has 1 saturated heterocycles. The van der Waals surface area contributed by atoms with Crippen LogP contribution in [0.5, 0.6) is 0 Å². The summed E-state index contributed by atoms with van der Waals surface area (Å²) in [6, 6.07) is 2.60. The number of nitrogens with zero attached hydrogens (tertiary/aromatic N) is 3.